The van der Waals surface area contributed by atoms with Crippen molar-refractivity contribution in [1.29, 1.82) is 0 Å². The number of nitrogens with one attached hydrogen (secondary N) is 1. The van der Waals surface area contributed by atoms with Crippen molar-refractivity contribution in [2.24, 2.45) is 0 Å². The molecular weight excluding hydrogens is 298 g/mol. The van der Waals surface area contributed by atoms with Crippen LogP contribution in [-0.2, 0) is 11.3 Å². The van der Waals surface area contributed by atoms with Gasteiger partial charge >= 0.3 is 0 Å². The first-order valence-corrected chi connectivity index (χ1v) is 7.87. The summed E-state index contributed by atoms with van der Waals surface area (Å²) in [7, 11) is 3.19. The van der Waals surface area contributed by atoms with Crippen molar-refractivity contribution in [1.82, 2.24) is 5.32 Å². The molecule has 0 radical (unpaired) electrons. The standard InChI is InChI=1S/C17H19NO3S/c1-20-15-9-8-13(10-16(15)21-2)11-18-17(19)12-22-14-6-4-3-5-7-14/h3-10H,11-12H2,1-2H3,(H,18,19). The minimum atomic E-state index is 0.00337. The molecule has 0 aliphatic heterocycles. The van der Waals surface area contributed by atoms with Crippen LogP contribution in [0.2, 0.25) is 0 Å². The highest BCUT2D eigenvalue weighted by molar-refractivity contribution is 8.00. The number of hydrogen-bond donors (Lipinski definition) is 1. The summed E-state index contributed by atoms with van der Waals surface area (Å²) in [6.07, 6.45) is 0. The minimum Gasteiger partial charge on any atom is -0.493 e. The van der Waals surface area contributed by atoms with Crippen LogP contribution < -0.4 is 14.8 Å². The van der Waals surface area contributed by atoms with Gasteiger partial charge in [0.25, 0.3) is 0 Å². The molecule has 0 unspecified atom stereocenters. The van der Waals surface area contributed by atoms with Gasteiger partial charge in [-0.2, -0.15) is 0 Å². The van der Waals surface area contributed by atoms with Gasteiger partial charge in [0.15, 0.2) is 11.5 Å². The highest BCUT2D eigenvalue weighted by atomic mass is 32.2. The van der Waals surface area contributed by atoms with Crippen LogP contribution in [0.1, 0.15) is 5.56 Å². The van der Waals surface area contributed by atoms with Gasteiger partial charge in [0, 0.05) is 11.4 Å². The first-order valence-electron chi connectivity index (χ1n) is 6.88. The molecule has 1 N–H and O–H groups in total. The van der Waals surface area contributed by atoms with Crippen molar-refractivity contribution in [3.8, 4) is 11.5 Å². The van der Waals surface area contributed by atoms with E-state index in [1.165, 1.54) is 11.8 Å². The first kappa shape index (κ1) is 16.2. The number of carbonyl (C=O) groups excluding carboxylic acids is 1. The van der Waals surface area contributed by atoms with Crippen molar-refractivity contribution in [3.05, 3.63) is 54.1 Å². The van der Waals surface area contributed by atoms with Crippen LogP contribution in [0.5, 0.6) is 11.5 Å². The molecule has 0 spiro atoms. The molecule has 22 heavy (non-hydrogen) atoms. The van der Waals surface area contributed by atoms with Gasteiger partial charge < -0.3 is 14.8 Å². The average molecular weight is 317 g/mol. The summed E-state index contributed by atoms with van der Waals surface area (Å²) in [6, 6.07) is 15.5. The Hall–Kier alpha value is -2.14. The summed E-state index contributed by atoms with van der Waals surface area (Å²) in [5.74, 6) is 1.74. The Kier molecular flexibility index (Phi) is 6.15. The Labute approximate surface area is 134 Å². The average Bonchev–Trinajstić information content (AvgIpc) is 2.58. The molecule has 0 heterocycles. The van der Waals surface area contributed by atoms with Gasteiger partial charge in [-0.3, -0.25) is 4.79 Å². The molecular formula is C17H19NO3S. The number of amides is 1. The van der Waals surface area contributed by atoms with E-state index in [0.29, 0.717) is 23.8 Å². The molecule has 2 rings (SSSR count). The summed E-state index contributed by atoms with van der Waals surface area (Å²) in [6.45, 7) is 0.467. The van der Waals surface area contributed by atoms with E-state index in [1.807, 2.05) is 48.5 Å². The van der Waals surface area contributed by atoms with Crippen molar-refractivity contribution in [3.63, 3.8) is 0 Å². The molecule has 0 saturated carbocycles. The molecule has 0 bridgehead atoms. The molecule has 4 nitrogen and oxygen atoms in total. The molecule has 2 aromatic rings. The number of thioether (sulfide) groups is 1. The van der Waals surface area contributed by atoms with E-state index in [9.17, 15) is 4.79 Å². The lowest BCUT2D eigenvalue weighted by atomic mass is 10.2. The van der Waals surface area contributed by atoms with Gasteiger partial charge in [-0.05, 0) is 29.8 Å². The molecule has 0 aliphatic rings. The van der Waals surface area contributed by atoms with Crippen LogP contribution >= 0.6 is 11.8 Å². The zero-order valence-corrected chi connectivity index (χ0v) is 13.5. The SMILES string of the molecule is COc1ccc(CNC(=O)CSc2ccccc2)cc1OC. The van der Waals surface area contributed by atoms with Gasteiger partial charge in [0.2, 0.25) is 5.91 Å². The van der Waals surface area contributed by atoms with Crippen molar-refractivity contribution < 1.29 is 14.3 Å². The third-order valence-corrected chi connectivity index (χ3v) is 4.06. The smallest absolute Gasteiger partial charge is 0.230 e. The molecule has 0 aromatic heterocycles. The predicted octanol–water partition coefficient (Wildman–Crippen LogP) is 3.11. The normalized spacial score (nSPS) is 10.1. The van der Waals surface area contributed by atoms with E-state index in [0.717, 1.165) is 10.5 Å². The summed E-state index contributed by atoms with van der Waals surface area (Å²) < 4.78 is 10.4. The Morgan fingerprint density at radius 2 is 1.77 bits per heavy atom. The molecule has 0 aliphatic carbocycles. The molecule has 0 fully saturated rings. The summed E-state index contributed by atoms with van der Waals surface area (Å²) in [4.78, 5) is 13.0. The lowest BCUT2D eigenvalue weighted by Crippen LogP contribution is -2.24. The Balaban J connectivity index is 1.83. The van der Waals surface area contributed by atoms with Gasteiger partial charge in [-0.15, -0.1) is 11.8 Å². The van der Waals surface area contributed by atoms with E-state index >= 15 is 0 Å². The molecule has 1 amide bonds. The molecule has 116 valence electrons. The van der Waals surface area contributed by atoms with Gasteiger partial charge in [0.05, 0.1) is 20.0 Å². The summed E-state index contributed by atoms with van der Waals surface area (Å²) in [5, 5.41) is 2.90. The van der Waals surface area contributed by atoms with E-state index in [1.54, 1.807) is 14.2 Å². The number of methoxy groups -OCH3 is 2. The highest BCUT2D eigenvalue weighted by Crippen LogP contribution is 2.27. The minimum absolute atomic E-state index is 0.00337. The van der Waals surface area contributed by atoms with Gasteiger partial charge in [-0.1, -0.05) is 24.3 Å². The molecule has 2 aromatic carbocycles. The number of ether oxygens (including phenoxy) is 2. The first-order chi connectivity index (χ1) is 10.7. The third kappa shape index (κ3) is 4.70. The van der Waals surface area contributed by atoms with Crippen molar-refractivity contribution >= 4 is 17.7 Å². The van der Waals surface area contributed by atoms with E-state index < -0.39 is 0 Å². The lowest BCUT2D eigenvalue weighted by Gasteiger charge is -2.10. The fraction of sp³-hybridized carbons (Fsp3) is 0.235. The molecule has 0 saturated heterocycles. The Bertz CT molecular complexity index is 617. The lowest BCUT2D eigenvalue weighted by molar-refractivity contribution is -0.118. The van der Waals surface area contributed by atoms with E-state index in [-0.39, 0.29) is 5.91 Å². The quantitative estimate of drug-likeness (QED) is 0.797. The maximum absolute atomic E-state index is 11.9. The predicted molar refractivity (Wildman–Crippen MR) is 88.6 cm³/mol. The van der Waals surface area contributed by atoms with Crippen LogP contribution in [0, 0.1) is 0 Å². The number of hydrogen-bond acceptors (Lipinski definition) is 4. The van der Waals surface area contributed by atoms with Crippen LogP contribution in [0.15, 0.2) is 53.4 Å². The highest BCUT2D eigenvalue weighted by Gasteiger charge is 2.06. The van der Waals surface area contributed by atoms with Crippen molar-refractivity contribution in [2.45, 2.75) is 11.4 Å². The molecule has 0 atom stereocenters. The zero-order chi connectivity index (χ0) is 15.8. The summed E-state index contributed by atoms with van der Waals surface area (Å²) in [5.41, 5.74) is 0.968. The molecule has 5 heteroatoms. The van der Waals surface area contributed by atoms with E-state index in [2.05, 4.69) is 5.32 Å². The van der Waals surface area contributed by atoms with Crippen LogP contribution in [0.4, 0.5) is 0 Å². The fourth-order valence-corrected chi connectivity index (χ4v) is 2.66. The monoisotopic (exact) mass is 317 g/mol. The number of carbonyl (C=O) groups is 1. The van der Waals surface area contributed by atoms with E-state index in [4.69, 9.17) is 9.47 Å². The maximum atomic E-state index is 11.9. The van der Waals surface area contributed by atoms with Gasteiger partial charge in [0.1, 0.15) is 0 Å². The van der Waals surface area contributed by atoms with Crippen molar-refractivity contribution in [2.75, 3.05) is 20.0 Å². The largest absolute Gasteiger partial charge is 0.493 e. The zero-order valence-electron chi connectivity index (χ0n) is 12.7. The number of rotatable bonds is 7. The fourth-order valence-electron chi connectivity index (χ4n) is 1.91. The third-order valence-electron chi connectivity index (χ3n) is 3.05. The number of benzene rings is 2. The summed E-state index contributed by atoms with van der Waals surface area (Å²) >= 11 is 1.52. The van der Waals surface area contributed by atoms with Crippen LogP contribution in [-0.4, -0.2) is 25.9 Å². The van der Waals surface area contributed by atoms with Crippen LogP contribution in [0.25, 0.3) is 0 Å². The van der Waals surface area contributed by atoms with Gasteiger partial charge in [-0.25, -0.2) is 0 Å². The Morgan fingerprint density at radius 3 is 2.45 bits per heavy atom. The second-order valence-electron chi connectivity index (χ2n) is 4.57. The second-order valence-corrected chi connectivity index (χ2v) is 5.62. The topological polar surface area (TPSA) is 47.6 Å². The maximum Gasteiger partial charge on any atom is 0.230 e. The second kappa shape index (κ2) is 8.34. The Morgan fingerprint density at radius 1 is 1.05 bits per heavy atom. The van der Waals surface area contributed by atoms with Crippen LogP contribution in [0.3, 0.4) is 0 Å².